The number of hydrogen-bond donors (Lipinski definition) is 0. The molecule has 0 radical (unpaired) electrons. The first kappa shape index (κ1) is 33.1. The van der Waals surface area contributed by atoms with E-state index in [4.69, 9.17) is 35.3 Å². The van der Waals surface area contributed by atoms with E-state index in [9.17, 15) is 0 Å². The zero-order valence-electron chi connectivity index (χ0n) is 26.6. The highest BCUT2D eigenvalue weighted by molar-refractivity contribution is 6.31. The zero-order valence-corrected chi connectivity index (χ0v) is 27.4. The molecule has 6 heteroatoms. The smallest absolute Gasteiger partial charge is 0.117 e. The van der Waals surface area contributed by atoms with Crippen molar-refractivity contribution in [2.45, 2.75) is 63.9 Å². The minimum atomic E-state index is -0.495. The van der Waals surface area contributed by atoms with E-state index >= 15 is 0 Å². The van der Waals surface area contributed by atoms with E-state index in [2.05, 4.69) is 54.6 Å². The van der Waals surface area contributed by atoms with Gasteiger partial charge in [-0.1, -0.05) is 145 Å². The molecular formula is C41H41ClO5. The number of ether oxygens (including phenoxy) is 5. The van der Waals surface area contributed by atoms with E-state index in [1.807, 2.05) is 91.9 Å². The number of rotatable bonds is 14. The Morgan fingerprint density at radius 3 is 1.47 bits per heavy atom. The molecule has 47 heavy (non-hydrogen) atoms. The molecule has 0 bridgehead atoms. The van der Waals surface area contributed by atoms with Gasteiger partial charge in [0, 0.05) is 5.02 Å². The van der Waals surface area contributed by atoms with Crippen LogP contribution in [0.1, 0.15) is 39.5 Å². The van der Waals surface area contributed by atoms with Crippen LogP contribution in [-0.2, 0) is 50.1 Å². The van der Waals surface area contributed by atoms with Crippen molar-refractivity contribution in [2.75, 3.05) is 6.61 Å². The maximum absolute atomic E-state index is 6.99. The average molecular weight is 649 g/mol. The lowest BCUT2D eigenvalue weighted by atomic mass is 9.89. The second kappa shape index (κ2) is 16.8. The monoisotopic (exact) mass is 648 g/mol. The normalized spacial score (nSPS) is 21.0. The first-order valence-corrected chi connectivity index (χ1v) is 16.5. The second-order valence-corrected chi connectivity index (χ2v) is 12.3. The van der Waals surface area contributed by atoms with Crippen LogP contribution in [0.2, 0.25) is 5.02 Å². The predicted molar refractivity (Wildman–Crippen MR) is 185 cm³/mol. The fraction of sp³-hybridized carbons (Fsp3) is 0.268. The Labute approximate surface area is 283 Å². The molecule has 0 amide bonds. The molecule has 5 aromatic carbocycles. The Kier molecular flexibility index (Phi) is 11.9. The molecule has 1 aliphatic heterocycles. The number of benzene rings is 5. The first-order chi connectivity index (χ1) is 23.1. The summed E-state index contributed by atoms with van der Waals surface area (Å²) in [6, 6.07) is 46.7. The molecule has 0 aliphatic carbocycles. The van der Waals surface area contributed by atoms with Crippen LogP contribution in [-0.4, -0.2) is 31.0 Å². The minimum absolute atomic E-state index is 0.314. The highest BCUT2D eigenvalue weighted by Crippen LogP contribution is 2.39. The molecule has 1 saturated heterocycles. The third-order valence-electron chi connectivity index (χ3n) is 8.39. The minimum Gasteiger partial charge on any atom is -0.374 e. The topological polar surface area (TPSA) is 46.2 Å². The van der Waals surface area contributed by atoms with Crippen molar-refractivity contribution >= 4 is 11.6 Å². The predicted octanol–water partition coefficient (Wildman–Crippen LogP) is 9.06. The van der Waals surface area contributed by atoms with Gasteiger partial charge in [0.05, 0.1) is 33.0 Å². The van der Waals surface area contributed by atoms with Gasteiger partial charge in [0.2, 0.25) is 0 Å². The van der Waals surface area contributed by atoms with Gasteiger partial charge in [-0.3, -0.25) is 0 Å². The van der Waals surface area contributed by atoms with E-state index in [0.29, 0.717) is 38.1 Å². The molecule has 0 aromatic heterocycles. The van der Waals surface area contributed by atoms with Gasteiger partial charge in [-0.05, 0) is 46.4 Å². The number of aryl methyl sites for hydroxylation is 1. The van der Waals surface area contributed by atoms with E-state index in [0.717, 1.165) is 33.4 Å². The van der Waals surface area contributed by atoms with Crippen molar-refractivity contribution in [1.82, 2.24) is 0 Å². The maximum Gasteiger partial charge on any atom is 0.117 e. The molecule has 242 valence electrons. The van der Waals surface area contributed by atoms with Crippen LogP contribution in [0.4, 0.5) is 0 Å². The van der Waals surface area contributed by atoms with Crippen molar-refractivity contribution < 1.29 is 23.7 Å². The van der Waals surface area contributed by atoms with Crippen molar-refractivity contribution in [2.24, 2.45) is 0 Å². The van der Waals surface area contributed by atoms with Crippen molar-refractivity contribution in [1.29, 1.82) is 0 Å². The molecular weight excluding hydrogens is 608 g/mol. The van der Waals surface area contributed by atoms with E-state index < -0.39 is 30.5 Å². The summed E-state index contributed by atoms with van der Waals surface area (Å²) in [7, 11) is 0. The highest BCUT2D eigenvalue weighted by atomic mass is 35.5. The summed E-state index contributed by atoms with van der Waals surface area (Å²) in [4.78, 5) is 0. The van der Waals surface area contributed by atoms with Gasteiger partial charge in [-0.2, -0.15) is 0 Å². The lowest BCUT2D eigenvalue weighted by molar-refractivity contribution is -0.275. The molecule has 5 aromatic rings. The van der Waals surface area contributed by atoms with Gasteiger partial charge in [-0.15, -0.1) is 0 Å². The van der Waals surface area contributed by atoms with Crippen LogP contribution in [0.25, 0.3) is 0 Å². The Morgan fingerprint density at radius 1 is 0.532 bits per heavy atom. The molecule has 1 fully saturated rings. The Balaban J connectivity index is 1.35. The summed E-state index contributed by atoms with van der Waals surface area (Å²) < 4.78 is 33.7. The fourth-order valence-corrected chi connectivity index (χ4v) is 6.02. The van der Waals surface area contributed by atoms with Crippen LogP contribution in [0.5, 0.6) is 0 Å². The fourth-order valence-electron chi connectivity index (χ4n) is 5.90. The molecule has 1 heterocycles. The Bertz CT molecular complexity index is 1630. The molecule has 0 unspecified atom stereocenters. The molecule has 0 N–H and O–H groups in total. The van der Waals surface area contributed by atoms with E-state index in [1.54, 1.807) is 0 Å². The van der Waals surface area contributed by atoms with Crippen LogP contribution in [0.3, 0.4) is 0 Å². The largest absolute Gasteiger partial charge is 0.374 e. The number of halogens is 1. The van der Waals surface area contributed by atoms with Crippen LogP contribution in [0, 0.1) is 6.92 Å². The van der Waals surface area contributed by atoms with Crippen LogP contribution < -0.4 is 0 Å². The maximum atomic E-state index is 6.99. The van der Waals surface area contributed by atoms with E-state index in [-0.39, 0.29) is 0 Å². The zero-order chi connectivity index (χ0) is 32.3. The van der Waals surface area contributed by atoms with Gasteiger partial charge in [0.1, 0.15) is 30.5 Å². The highest BCUT2D eigenvalue weighted by Gasteiger charge is 2.49. The molecule has 6 rings (SSSR count). The SMILES string of the molecule is Cc1cc([C@H]2O[C@H](COCc3ccccc3)[C@@H](OCc3ccccc3)[C@H](OCc3ccccc3)[C@@H]2OCc2ccccc2)ccc1Cl. The van der Waals surface area contributed by atoms with Crippen molar-refractivity contribution in [3.05, 3.63) is 178 Å². The molecule has 1 aliphatic rings. The lowest BCUT2D eigenvalue weighted by Gasteiger charge is -2.46. The Morgan fingerprint density at radius 2 is 0.979 bits per heavy atom. The molecule has 5 nitrogen and oxygen atoms in total. The van der Waals surface area contributed by atoms with Gasteiger partial charge in [0.25, 0.3) is 0 Å². The summed E-state index contributed by atoms with van der Waals surface area (Å²) >= 11 is 6.48. The Hall–Kier alpha value is -3.81. The van der Waals surface area contributed by atoms with Gasteiger partial charge in [-0.25, -0.2) is 0 Å². The van der Waals surface area contributed by atoms with Gasteiger partial charge < -0.3 is 23.7 Å². The second-order valence-electron chi connectivity index (χ2n) is 11.9. The molecule has 0 saturated carbocycles. The summed E-state index contributed by atoms with van der Waals surface area (Å²) in [6.07, 6.45) is -2.37. The van der Waals surface area contributed by atoms with Crippen molar-refractivity contribution in [3.8, 4) is 0 Å². The first-order valence-electron chi connectivity index (χ1n) is 16.1. The van der Waals surface area contributed by atoms with Gasteiger partial charge >= 0.3 is 0 Å². The van der Waals surface area contributed by atoms with E-state index in [1.165, 1.54) is 0 Å². The summed E-state index contributed by atoms with van der Waals surface area (Å²) in [5.41, 5.74) is 6.23. The van der Waals surface area contributed by atoms with Crippen LogP contribution in [0.15, 0.2) is 140 Å². The summed E-state index contributed by atoms with van der Waals surface area (Å²) in [5, 5.41) is 0.704. The van der Waals surface area contributed by atoms with Crippen LogP contribution >= 0.6 is 11.6 Å². The quantitative estimate of drug-likeness (QED) is 0.120. The summed E-state index contributed by atoms with van der Waals surface area (Å²) in [6.45, 7) is 3.96. The third kappa shape index (κ3) is 9.17. The lowest BCUT2D eigenvalue weighted by Crippen LogP contribution is -2.58. The third-order valence-corrected chi connectivity index (χ3v) is 8.82. The summed E-state index contributed by atoms with van der Waals surface area (Å²) in [5.74, 6) is 0. The van der Waals surface area contributed by atoms with Gasteiger partial charge in [0.15, 0.2) is 0 Å². The molecule has 5 atom stereocenters. The number of hydrogen-bond acceptors (Lipinski definition) is 5. The standard InChI is InChI=1S/C41H41ClO5/c1-30-24-35(22-23-36(30)42)38-40(45-27-33-18-10-4-11-19-33)41(46-28-34-20-12-5-13-21-34)39(44-26-32-16-8-3-9-17-32)37(47-38)29-43-25-31-14-6-2-7-15-31/h2-24,37-41H,25-29H2,1H3/t37-,38-,39-,40-,41+/m1/s1. The van der Waals surface area contributed by atoms with Crippen molar-refractivity contribution in [3.63, 3.8) is 0 Å². The molecule has 0 spiro atoms. The average Bonchev–Trinajstić information content (AvgIpc) is 3.12.